The highest BCUT2D eigenvalue weighted by molar-refractivity contribution is 7.91. The van der Waals surface area contributed by atoms with Crippen LogP contribution in [0, 0.1) is 25.6 Å². The second-order valence-electron chi connectivity index (χ2n) is 9.34. The first-order chi connectivity index (χ1) is 17.6. The molecular weight excluding hydrogens is 526 g/mol. The molecule has 3 aromatic rings. The van der Waals surface area contributed by atoms with Crippen LogP contribution in [0.5, 0.6) is 11.6 Å². The van der Waals surface area contributed by atoms with Crippen LogP contribution >= 0.6 is 0 Å². The number of halogens is 4. The number of rotatable bonds is 6. The Morgan fingerprint density at radius 2 is 1.84 bits per heavy atom. The van der Waals surface area contributed by atoms with Crippen molar-refractivity contribution in [3.05, 3.63) is 64.1 Å². The summed E-state index contributed by atoms with van der Waals surface area (Å²) in [5.41, 5.74) is -2.84. The van der Waals surface area contributed by atoms with Crippen molar-refractivity contribution < 1.29 is 31.3 Å². The molecule has 0 bridgehead atoms. The summed E-state index contributed by atoms with van der Waals surface area (Å²) in [7, 11) is -3.11. The molecule has 2 aromatic heterocycles. The minimum Gasteiger partial charge on any atom is -0.435 e. The lowest BCUT2D eigenvalue weighted by Gasteiger charge is -2.33. The van der Waals surface area contributed by atoms with Gasteiger partial charge in [0.25, 0.3) is 11.8 Å². The molecule has 2 heterocycles. The Morgan fingerprint density at radius 1 is 1.16 bits per heavy atom. The molecule has 1 amide bonds. The quantitative estimate of drug-likeness (QED) is 0.350. The Balaban J connectivity index is 1.76. The van der Waals surface area contributed by atoms with Crippen molar-refractivity contribution in [1.82, 2.24) is 15.2 Å². The molecule has 0 saturated heterocycles. The summed E-state index contributed by atoms with van der Waals surface area (Å²) in [5, 5.41) is 9.29. The molecular formula is C25H25F4N5O3S. The van der Waals surface area contributed by atoms with E-state index >= 15 is 0 Å². The van der Waals surface area contributed by atoms with E-state index in [1.54, 1.807) is 13.8 Å². The SMILES string of the molecule is Cc1cc(C2(F)CCC2)nc(C)c1Oc1nnc(C(F)(F)F)c(C)c1C(=O)Nc1cccc(S(C)(=N)=O)c1. The van der Waals surface area contributed by atoms with E-state index in [9.17, 15) is 26.6 Å². The second-order valence-corrected chi connectivity index (χ2v) is 11.5. The zero-order valence-electron chi connectivity index (χ0n) is 21.0. The monoisotopic (exact) mass is 551 g/mol. The molecule has 0 aliphatic heterocycles. The van der Waals surface area contributed by atoms with Gasteiger partial charge in [-0.1, -0.05) is 6.07 Å². The van der Waals surface area contributed by atoms with E-state index in [4.69, 9.17) is 9.52 Å². The maximum absolute atomic E-state index is 14.9. The number of aryl methyl sites for hydroxylation is 2. The van der Waals surface area contributed by atoms with Crippen molar-refractivity contribution >= 4 is 21.3 Å². The smallest absolute Gasteiger partial charge is 0.435 e. The average Bonchev–Trinajstić information content (AvgIpc) is 2.78. The van der Waals surface area contributed by atoms with E-state index in [1.165, 1.54) is 36.6 Å². The maximum atomic E-state index is 14.9. The average molecular weight is 552 g/mol. The van der Waals surface area contributed by atoms with Gasteiger partial charge in [0.05, 0.1) is 21.1 Å². The molecule has 1 aromatic carbocycles. The van der Waals surface area contributed by atoms with Crippen molar-refractivity contribution in [2.24, 2.45) is 0 Å². The first-order valence-corrected chi connectivity index (χ1v) is 13.5. The van der Waals surface area contributed by atoms with Crippen LogP contribution < -0.4 is 10.1 Å². The Labute approximate surface area is 216 Å². The standard InChI is InChI=1S/C25H25F4N5O3S/c1-13-11-18(24(26)9-6-10-24)31-15(3)20(13)37-23-19(14(2)21(33-34-23)25(27,28)29)22(35)32-16-7-5-8-17(12-16)38(4,30)36/h5,7-8,11-12,30H,6,9-10H2,1-4H3,(H,32,35). The summed E-state index contributed by atoms with van der Waals surface area (Å²) < 4.78 is 81.4. The summed E-state index contributed by atoms with van der Waals surface area (Å²) >= 11 is 0. The third kappa shape index (κ3) is 5.33. The van der Waals surface area contributed by atoms with Crippen LogP contribution in [-0.4, -0.2) is 31.6 Å². The number of ether oxygens (including phenoxy) is 1. The lowest BCUT2D eigenvalue weighted by atomic mass is 9.79. The fraction of sp³-hybridized carbons (Fsp3) is 0.360. The van der Waals surface area contributed by atoms with Crippen LogP contribution in [0.3, 0.4) is 0 Å². The van der Waals surface area contributed by atoms with Crippen molar-refractivity contribution in [3.63, 3.8) is 0 Å². The van der Waals surface area contributed by atoms with Gasteiger partial charge in [0.15, 0.2) is 17.1 Å². The number of alkyl halides is 4. The zero-order valence-corrected chi connectivity index (χ0v) is 21.8. The normalized spacial score (nSPS) is 16.3. The predicted octanol–water partition coefficient (Wildman–Crippen LogP) is 6.24. The predicted molar refractivity (Wildman–Crippen MR) is 132 cm³/mol. The molecule has 1 fully saturated rings. The molecule has 2 N–H and O–H groups in total. The first-order valence-electron chi connectivity index (χ1n) is 11.6. The fourth-order valence-corrected chi connectivity index (χ4v) is 4.85. The summed E-state index contributed by atoms with van der Waals surface area (Å²) in [6, 6.07) is 7.14. The number of hydrogen-bond donors (Lipinski definition) is 2. The van der Waals surface area contributed by atoms with Gasteiger partial charge in [-0.05, 0) is 75.4 Å². The number of carbonyl (C=O) groups is 1. The van der Waals surface area contributed by atoms with E-state index in [-0.39, 0.29) is 27.7 Å². The largest absolute Gasteiger partial charge is 0.435 e. The van der Waals surface area contributed by atoms with Gasteiger partial charge in [0.1, 0.15) is 5.56 Å². The number of nitrogens with one attached hydrogen (secondary N) is 2. The van der Waals surface area contributed by atoms with Gasteiger partial charge in [-0.3, -0.25) is 9.78 Å². The number of pyridine rings is 1. The molecule has 1 saturated carbocycles. The van der Waals surface area contributed by atoms with Crippen LogP contribution in [0.4, 0.5) is 23.2 Å². The molecule has 8 nitrogen and oxygen atoms in total. The Kier molecular flexibility index (Phi) is 6.93. The summed E-state index contributed by atoms with van der Waals surface area (Å²) in [6.45, 7) is 4.27. The molecule has 1 aliphatic carbocycles. The minimum atomic E-state index is -4.89. The Morgan fingerprint density at radius 3 is 2.39 bits per heavy atom. The van der Waals surface area contributed by atoms with Gasteiger partial charge >= 0.3 is 6.18 Å². The molecule has 13 heteroatoms. The number of benzene rings is 1. The number of carbonyl (C=O) groups excluding carboxylic acids is 1. The topological polar surface area (TPSA) is 118 Å². The van der Waals surface area contributed by atoms with E-state index in [0.29, 0.717) is 18.4 Å². The Bertz CT molecular complexity index is 1510. The second kappa shape index (κ2) is 9.61. The van der Waals surface area contributed by atoms with Crippen LogP contribution in [0.15, 0.2) is 35.2 Å². The molecule has 38 heavy (non-hydrogen) atoms. The van der Waals surface area contributed by atoms with Gasteiger partial charge in [-0.15, -0.1) is 10.2 Å². The molecule has 4 rings (SSSR count). The van der Waals surface area contributed by atoms with Gasteiger partial charge in [0, 0.05) is 16.8 Å². The first kappa shape index (κ1) is 27.4. The number of anilines is 1. The van der Waals surface area contributed by atoms with Gasteiger partial charge < -0.3 is 10.1 Å². The number of aromatic nitrogens is 3. The van der Waals surface area contributed by atoms with E-state index in [1.807, 2.05) is 0 Å². The highest BCUT2D eigenvalue weighted by Gasteiger charge is 2.41. The summed E-state index contributed by atoms with van der Waals surface area (Å²) in [4.78, 5) is 17.7. The van der Waals surface area contributed by atoms with Crippen molar-refractivity contribution in [1.29, 1.82) is 4.78 Å². The van der Waals surface area contributed by atoms with Gasteiger partial charge in [-0.25, -0.2) is 13.4 Å². The molecule has 202 valence electrons. The third-order valence-corrected chi connectivity index (χ3v) is 7.51. The third-order valence-electron chi connectivity index (χ3n) is 6.35. The lowest BCUT2D eigenvalue weighted by Crippen LogP contribution is -2.30. The Hall–Kier alpha value is -3.61. The van der Waals surface area contributed by atoms with Gasteiger partial charge in [0.2, 0.25) is 0 Å². The molecule has 1 aliphatic rings. The van der Waals surface area contributed by atoms with Crippen LogP contribution in [0.25, 0.3) is 0 Å². The van der Waals surface area contributed by atoms with Crippen molar-refractivity contribution in [3.8, 4) is 11.6 Å². The molecule has 0 spiro atoms. The number of nitrogens with zero attached hydrogens (tertiary/aromatic N) is 3. The van der Waals surface area contributed by atoms with E-state index < -0.39 is 50.2 Å². The summed E-state index contributed by atoms with van der Waals surface area (Å²) in [6.07, 6.45) is -2.25. The van der Waals surface area contributed by atoms with E-state index in [0.717, 1.165) is 13.3 Å². The number of amides is 1. The minimum absolute atomic E-state index is 0.108. The summed E-state index contributed by atoms with van der Waals surface area (Å²) in [5.74, 6) is -1.37. The van der Waals surface area contributed by atoms with Gasteiger partial charge in [-0.2, -0.15) is 13.2 Å². The van der Waals surface area contributed by atoms with Crippen LogP contribution in [0.1, 0.15) is 57.8 Å². The van der Waals surface area contributed by atoms with E-state index in [2.05, 4.69) is 20.5 Å². The highest BCUT2D eigenvalue weighted by atomic mass is 32.2. The molecule has 1 atom stereocenters. The number of hydrogen-bond acceptors (Lipinski definition) is 7. The van der Waals surface area contributed by atoms with Crippen LogP contribution in [0.2, 0.25) is 0 Å². The van der Waals surface area contributed by atoms with Crippen molar-refractivity contribution in [2.45, 2.75) is 56.8 Å². The van der Waals surface area contributed by atoms with Crippen molar-refractivity contribution in [2.75, 3.05) is 11.6 Å². The highest BCUT2D eigenvalue weighted by Crippen LogP contribution is 2.45. The zero-order chi connectivity index (χ0) is 28.0. The maximum Gasteiger partial charge on any atom is 0.435 e. The van der Waals surface area contributed by atoms with Crippen LogP contribution in [-0.2, 0) is 21.6 Å². The fourth-order valence-electron chi connectivity index (χ4n) is 4.16. The molecule has 0 radical (unpaired) electrons. The molecule has 1 unspecified atom stereocenters. The lowest BCUT2D eigenvalue weighted by molar-refractivity contribution is -0.142.